The quantitative estimate of drug-likeness (QED) is 0.308. The Morgan fingerprint density at radius 2 is 2.20 bits per heavy atom. The van der Waals surface area contributed by atoms with Gasteiger partial charge in [0.05, 0.1) is 0 Å². The van der Waals surface area contributed by atoms with Crippen LogP contribution in [0.25, 0.3) is 0 Å². The van der Waals surface area contributed by atoms with Crippen molar-refractivity contribution in [1.82, 2.24) is 5.32 Å². The second kappa shape index (κ2) is 9.50. The van der Waals surface area contributed by atoms with Gasteiger partial charge in [0, 0.05) is 19.6 Å². The molecule has 0 aromatic carbocycles. The Bertz CT molecular complexity index is 239. The number of methoxy groups -OCH3 is 1. The molecule has 4 heteroatoms. The molecule has 86 valence electrons. The number of nitrogens with one attached hydrogen (secondary N) is 1. The molecule has 1 N–H and O–H groups in total. The first-order valence-corrected chi connectivity index (χ1v) is 5.04. The summed E-state index contributed by atoms with van der Waals surface area (Å²) in [6, 6.07) is 0. The largest absolute Gasteiger partial charge is 0.394 e. The average molecular weight is 212 g/mol. The van der Waals surface area contributed by atoms with Gasteiger partial charge in [0.2, 0.25) is 0 Å². The van der Waals surface area contributed by atoms with Crippen LogP contribution in [-0.2, 0) is 9.57 Å². The zero-order valence-electron chi connectivity index (χ0n) is 9.96. The Kier molecular flexibility index (Phi) is 8.84. The molecule has 0 fully saturated rings. The molecule has 0 aliphatic heterocycles. The van der Waals surface area contributed by atoms with Gasteiger partial charge >= 0.3 is 0 Å². The van der Waals surface area contributed by atoms with Gasteiger partial charge < -0.3 is 14.9 Å². The topological polar surface area (TPSA) is 42.8 Å². The third-order valence-electron chi connectivity index (χ3n) is 1.59. The number of hydrogen-bond acceptors (Lipinski definition) is 4. The van der Waals surface area contributed by atoms with E-state index in [1.807, 2.05) is 20.9 Å². The summed E-state index contributed by atoms with van der Waals surface area (Å²) in [6.07, 6.45) is 0. The summed E-state index contributed by atoms with van der Waals surface area (Å²) >= 11 is 0. The summed E-state index contributed by atoms with van der Waals surface area (Å²) in [7, 11) is 3.49. The molecule has 0 unspecified atom stereocenters. The Balaban J connectivity index is 4.09. The Hall–Kier alpha value is -1.05. The Labute approximate surface area is 92.0 Å². The second-order valence-electron chi connectivity index (χ2n) is 3.30. The van der Waals surface area contributed by atoms with Crippen LogP contribution in [0, 0.1) is 17.8 Å². The number of oxime groups is 1. The van der Waals surface area contributed by atoms with Gasteiger partial charge in [0.25, 0.3) is 0 Å². The maximum absolute atomic E-state index is 5.11. The fourth-order valence-corrected chi connectivity index (χ4v) is 0.734. The van der Waals surface area contributed by atoms with Crippen LogP contribution in [0.2, 0.25) is 0 Å². The molecule has 0 aromatic rings. The van der Waals surface area contributed by atoms with Crippen LogP contribution in [0.5, 0.6) is 0 Å². The second-order valence-corrected chi connectivity index (χ2v) is 3.30. The minimum Gasteiger partial charge on any atom is -0.394 e. The lowest BCUT2D eigenvalue weighted by molar-refractivity contribution is 0.146. The summed E-state index contributed by atoms with van der Waals surface area (Å²) in [5, 5.41) is 6.95. The fourth-order valence-electron chi connectivity index (χ4n) is 0.734. The van der Waals surface area contributed by atoms with Crippen LogP contribution in [0.1, 0.15) is 13.8 Å². The van der Waals surface area contributed by atoms with Gasteiger partial charge in [-0.15, -0.1) is 0 Å². The molecular formula is C11H20N2O2. The number of hydrogen-bond donors (Lipinski definition) is 1. The van der Waals surface area contributed by atoms with Crippen molar-refractivity contribution >= 4 is 5.71 Å². The van der Waals surface area contributed by atoms with Crippen molar-refractivity contribution in [2.24, 2.45) is 11.1 Å². The lowest BCUT2D eigenvalue weighted by Gasteiger charge is -2.03. The van der Waals surface area contributed by atoms with Gasteiger partial charge in [-0.2, -0.15) is 0 Å². The molecule has 0 bridgehead atoms. The smallest absolute Gasteiger partial charge is 0.132 e. The molecule has 0 radical (unpaired) electrons. The molecule has 0 rings (SSSR count). The van der Waals surface area contributed by atoms with E-state index >= 15 is 0 Å². The van der Waals surface area contributed by atoms with Gasteiger partial charge in [0.1, 0.15) is 18.9 Å². The molecular weight excluding hydrogens is 192 g/mol. The minimum atomic E-state index is 0.268. The maximum Gasteiger partial charge on any atom is 0.132 e. The maximum atomic E-state index is 5.11. The average Bonchev–Trinajstić information content (AvgIpc) is 2.21. The predicted molar refractivity (Wildman–Crippen MR) is 61.8 cm³/mol. The van der Waals surface area contributed by atoms with E-state index in [2.05, 4.69) is 22.3 Å². The van der Waals surface area contributed by atoms with Crippen LogP contribution in [0.4, 0.5) is 0 Å². The zero-order chi connectivity index (χ0) is 11.5. The van der Waals surface area contributed by atoms with E-state index in [4.69, 9.17) is 9.57 Å². The van der Waals surface area contributed by atoms with Gasteiger partial charge in [-0.25, -0.2) is 0 Å². The van der Waals surface area contributed by atoms with Crippen LogP contribution < -0.4 is 5.32 Å². The highest BCUT2D eigenvalue weighted by atomic mass is 16.6. The first kappa shape index (κ1) is 13.9. The number of likely N-dealkylation sites (N-methyl/N-ethyl adjacent to an activating group) is 1. The number of nitrogens with zero attached hydrogens (tertiary/aromatic N) is 1. The highest BCUT2D eigenvalue weighted by molar-refractivity contribution is 6.01. The Morgan fingerprint density at radius 3 is 2.73 bits per heavy atom. The van der Waals surface area contributed by atoms with Crippen LogP contribution in [-0.4, -0.2) is 39.6 Å². The van der Waals surface area contributed by atoms with Crippen molar-refractivity contribution in [3.63, 3.8) is 0 Å². The summed E-state index contributed by atoms with van der Waals surface area (Å²) in [4.78, 5) is 5.11. The molecule has 0 aromatic heterocycles. The first-order valence-electron chi connectivity index (χ1n) is 5.04. The van der Waals surface area contributed by atoms with E-state index in [-0.39, 0.29) is 5.92 Å². The molecule has 0 amide bonds. The number of ether oxygens (including phenoxy) is 1. The molecule has 0 atom stereocenters. The summed E-state index contributed by atoms with van der Waals surface area (Å²) in [6.45, 7) is 5.81. The van der Waals surface area contributed by atoms with Crippen molar-refractivity contribution in [3.05, 3.63) is 0 Å². The van der Waals surface area contributed by atoms with Crippen molar-refractivity contribution in [1.29, 1.82) is 0 Å². The first-order chi connectivity index (χ1) is 7.22. The monoisotopic (exact) mass is 212 g/mol. The van der Waals surface area contributed by atoms with Crippen molar-refractivity contribution in [2.45, 2.75) is 13.8 Å². The van der Waals surface area contributed by atoms with Gasteiger partial charge in [-0.3, -0.25) is 0 Å². The highest BCUT2D eigenvalue weighted by Crippen LogP contribution is 1.96. The fraction of sp³-hybridized carbons (Fsp3) is 0.727. The molecule has 0 aliphatic carbocycles. The van der Waals surface area contributed by atoms with Crippen LogP contribution >= 0.6 is 0 Å². The predicted octanol–water partition coefficient (Wildman–Crippen LogP) is 0.884. The summed E-state index contributed by atoms with van der Waals surface area (Å²) < 4.78 is 4.84. The molecule has 0 saturated carbocycles. The van der Waals surface area contributed by atoms with Gasteiger partial charge in [-0.05, 0) is 13.0 Å². The molecule has 4 nitrogen and oxygen atoms in total. The minimum absolute atomic E-state index is 0.268. The summed E-state index contributed by atoms with van der Waals surface area (Å²) in [5.41, 5.74) is 0.753. The molecule has 0 aliphatic rings. The zero-order valence-corrected chi connectivity index (χ0v) is 9.96. The van der Waals surface area contributed by atoms with E-state index in [1.54, 1.807) is 7.11 Å². The normalized spacial score (nSPS) is 11.1. The summed E-state index contributed by atoms with van der Waals surface area (Å²) in [5.74, 6) is 6.05. The SMILES string of the molecule is CNCCO/N=C(\C#CCOC)C(C)C. The van der Waals surface area contributed by atoms with E-state index in [0.717, 1.165) is 12.3 Å². The Morgan fingerprint density at radius 1 is 1.47 bits per heavy atom. The third kappa shape index (κ3) is 7.98. The van der Waals surface area contributed by atoms with E-state index in [0.29, 0.717) is 13.2 Å². The number of rotatable bonds is 6. The highest BCUT2D eigenvalue weighted by Gasteiger charge is 2.01. The lowest BCUT2D eigenvalue weighted by Crippen LogP contribution is -2.14. The van der Waals surface area contributed by atoms with Gasteiger partial charge in [0.15, 0.2) is 0 Å². The van der Waals surface area contributed by atoms with Crippen molar-refractivity contribution in [3.8, 4) is 11.8 Å². The van der Waals surface area contributed by atoms with E-state index in [1.165, 1.54) is 0 Å². The van der Waals surface area contributed by atoms with E-state index < -0.39 is 0 Å². The van der Waals surface area contributed by atoms with Crippen LogP contribution in [0.15, 0.2) is 5.16 Å². The van der Waals surface area contributed by atoms with E-state index in [9.17, 15) is 0 Å². The molecule has 0 spiro atoms. The molecule has 15 heavy (non-hydrogen) atoms. The standard InChI is InChI=1S/C11H20N2O2/c1-10(2)11(6-5-8-14-4)13-15-9-7-12-3/h10,12H,7-9H2,1-4H3/b13-11+. The van der Waals surface area contributed by atoms with Gasteiger partial charge in [-0.1, -0.05) is 24.9 Å². The lowest BCUT2D eigenvalue weighted by atomic mass is 10.1. The third-order valence-corrected chi connectivity index (χ3v) is 1.59. The van der Waals surface area contributed by atoms with Crippen molar-refractivity contribution < 1.29 is 9.57 Å². The van der Waals surface area contributed by atoms with Crippen molar-refractivity contribution in [2.75, 3.05) is 33.9 Å². The van der Waals surface area contributed by atoms with Crippen LogP contribution in [0.3, 0.4) is 0 Å². The molecule has 0 saturated heterocycles. The molecule has 0 heterocycles.